The van der Waals surface area contributed by atoms with Gasteiger partial charge in [0.05, 0.1) is 13.2 Å². The molecule has 0 atom stereocenters. The molecule has 0 N–H and O–H groups in total. The minimum Gasteiger partial charge on any atom is -0.371 e. The first-order chi connectivity index (χ1) is 8.81. The maximum atomic E-state index is 5.73. The lowest BCUT2D eigenvalue weighted by Gasteiger charge is -2.38. The first kappa shape index (κ1) is 11.6. The Balaban J connectivity index is 1.66. The van der Waals surface area contributed by atoms with Gasteiger partial charge in [-0.2, -0.15) is 0 Å². The summed E-state index contributed by atoms with van der Waals surface area (Å²) >= 11 is 0. The highest BCUT2D eigenvalue weighted by molar-refractivity contribution is 5.50. The first-order valence-electron chi connectivity index (χ1n) is 6.41. The molecular formula is C15H17NO2. The van der Waals surface area contributed by atoms with Gasteiger partial charge in [-0.1, -0.05) is 5.92 Å². The van der Waals surface area contributed by atoms with Gasteiger partial charge in [-0.15, -0.1) is 6.42 Å². The average molecular weight is 243 g/mol. The van der Waals surface area contributed by atoms with Crippen LogP contribution < -0.4 is 4.90 Å². The van der Waals surface area contributed by atoms with E-state index >= 15 is 0 Å². The topological polar surface area (TPSA) is 21.7 Å². The molecule has 2 fully saturated rings. The lowest BCUT2D eigenvalue weighted by Crippen LogP contribution is -2.45. The van der Waals surface area contributed by atoms with Gasteiger partial charge in [0.2, 0.25) is 0 Å². The Bertz CT molecular complexity index is 444. The van der Waals surface area contributed by atoms with Crippen molar-refractivity contribution in [2.45, 2.75) is 18.6 Å². The van der Waals surface area contributed by atoms with Crippen molar-refractivity contribution in [2.75, 3.05) is 31.2 Å². The van der Waals surface area contributed by atoms with E-state index in [2.05, 4.69) is 23.0 Å². The fourth-order valence-electron chi connectivity index (χ4n) is 2.66. The molecular weight excluding hydrogens is 226 g/mol. The highest BCUT2D eigenvalue weighted by atomic mass is 16.7. The van der Waals surface area contributed by atoms with Crippen molar-refractivity contribution < 1.29 is 9.47 Å². The molecule has 2 aliphatic rings. The summed E-state index contributed by atoms with van der Waals surface area (Å²) in [7, 11) is 0. The fraction of sp³-hybridized carbons (Fsp3) is 0.467. The summed E-state index contributed by atoms with van der Waals surface area (Å²) in [5, 5.41) is 0. The van der Waals surface area contributed by atoms with E-state index in [0.29, 0.717) is 0 Å². The summed E-state index contributed by atoms with van der Waals surface area (Å²) in [4.78, 5) is 2.36. The minimum absolute atomic E-state index is 0.296. The normalized spacial score (nSPS) is 22.1. The molecule has 0 radical (unpaired) electrons. The Morgan fingerprint density at radius 2 is 1.67 bits per heavy atom. The minimum atomic E-state index is -0.296. The fourth-order valence-corrected chi connectivity index (χ4v) is 2.66. The highest BCUT2D eigenvalue weighted by Gasteiger charge is 2.39. The molecule has 2 heterocycles. The van der Waals surface area contributed by atoms with Gasteiger partial charge < -0.3 is 14.4 Å². The Kier molecular flexibility index (Phi) is 2.99. The van der Waals surface area contributed by atoms with Crippen LogP contribution in [-0.4, -0.2) is 32.1 Å². The van der Waals surface area contributed by atoms with Gasteiger partial charge in [0.1, 0.15) is 0 Å². The van der Waals surface area contributed by atoms with E-state index in [9.17, 15) is 0 Å². The Morgan fingerprint density at radius 1 is 1.06 bits per heavy atom. The monoisotopic (exact) mass is 243 g/mol. The summed E-state index contributed by atoms with van der Waals surface area (Å²) in [5.41, 5.74) is 2.15. The molecule has 2 saturated heterocycles. The number of benzene rings is 1. The summed E-state index contributed by atoms with van der Waals surface area (Å²) in [6.07, 6.45) is 7.23. The first-order valence-corrected chi connectivity index (χ1v) is 6.41. The molecule has 0 bridgehead atoms. The quantitative estimate of drug-likeness (QED) is 0.704. The molecule has 0 aromatic heterocycles. The Labute approximate surface area is 108 Å². The van der Waals surface area contributed by atoms with Gasteiger partial charge in [-0.05, 0) is 24.3 Å². The molecule has 1 spiro atoms. The van der Waals surface area contributed by atoms with Crippen LogP contribution in [0.3, 0.4) is 0 Å². The predicted octanol–water partition coefficient (Wildman–Crippen LogP) is 2.01. The van der Waals surface area contributed by atoms with Crippen LogP contribution in [-0.2, 0) is 9.47 Å². The van der Waals surface area contributed by atoms with Crippen LogP contribution in [0, 0.1) is 12.3 Å². The van der Waals surface area contributed by atoms with Crippen molar-refractivity contribution in [2.24, 2.45) is 0 Å². The van der Waals surface area contributed by atoms with Crippen LogP contribution in [0.1, 0.15) is 18.4 Å². The third-order valence-electron chi connectivity index (χ3n) is 3.74. The van der Waals surface area contributed by atoms with E-state index < -0.39 is 0 Å². The summed E-state index contributed by atoms with van der Waals surface area (Å²) in [6, 6.07) is 8.15. The number of nitrogens with zero attached hydrogens (tertiary/aromatic N) is 1. The number of rotatable bonds is 1. The second kappa shape index (κ2) is 4.64. The van der Waals surface area contributed by atoms with Gasteiger partial charge >= 0.3 is 0 Å². The summed E-state index contributed by atoms with van der Waals surface area (Å²) in [6.45, 7) is 3.40. The molecule has 1 aromatic carbocycles. The molecule has 94 valence electrons. The van der Waals surface area contributed by atoms with Gasteiger partial charge in [0.25, 0.3) is 0 Å². The van der Waals surface area contributed by atoms with Crippen LogP contribution in [0.5, 0.6) is 0 Å². The van der Waals surface area contributed by atoms with E-state index in [-0.39, 0.29) is 5.79 Å². The largest absolute Gasteiger partial charge is 0.371 e. The molecule has 0 saturated carbocycles. The third-order valence-corrected chi connectivity index (χ3v) is 3.74. The number of hydrogen-bond acceptors (Lipinski definition) is 3. The number of terminal acetylenes is 1. The second-order valence-electron chi connectivity index (χ2n) is 4.79. The zero-order valence-corrected chi connectivity index (χ0v) is 10.4. The average Bonchev–Trinajstić information content (AvgIpc) is 2.88. The molecule has 2 aliphatic heterocycles. The number of hydrogen-bond donors (Lipinski definition) is 0. The molecule has 1 aromatic rings. The zero-order valence-electron chi connectivity index (χ0n) is 10.4. The van der Waals surface area contributed by atoms with E-state index in [1.807, 2.05) is 12.1 Å². The second-order valence-corrected chi connectivity index (χ2v) is 4.79. The van der Waals surface area contributed by atoms with Crippen LogP contribution in [0.4, 0.5) is 5.69 Å². The van der Waals surface area contributed by atoms with Crippen molar-refractivity contribution in [3.8, 4) is 12.3 Å². The highest BCUT2D eigenvalue weighted by Crippen LogP contribution is 2.33. The third kappa shape index (κ3) is 2.10. The maximum absolute atomic E-state index is 5.73. The van der Waals surface area contributed by atoms with Crippen molar-refractivity contribution in [1.82, 2.24) is 0 Å². The van der Waals surface area contributed by atoms with E-state index in [1.54, 1.807) is 0 Å². The SMILES string of the molecule is C#Cc1ccc(N2CCC3(CC2)OCCO3)cc1. The number of ether oxygens (including phenoxy) is 2. The van der Waals surface area contributed by atoms with Crippen molar-refractivity contribution in [3.63, 3.8) is 0 Å². The number of piperidine rings is 1. The van der Waals surface area contributed by atoms with Gasteiger partial charge in [0, 0.05) is 37.2 Å². The zero-order chi connectivity index (χ0) is 12.4. The lowest BCUT2D eigenvalue weighted by atomic mass is 10.0. The Hall–Kier alpha value is -1.50. The molecule has 3 heteroatoms. The summed E-state index contributed by atoms with van der Waals surface area (Å²) in [5.74, 6) is 2.34. The van der Waals surface area contributed by atoms with E-state index in [1.165, 1.54) is 5.69 Å². The van der Waals surface area contributed by atoms with Crippen LogP contribution in [0.2, 0.25) is 0 Å². The van der Waals surface area contributed by atoms with Crippen LogP contribution >= 0.6 is 0 Å². The van der Waals surface area contributed by atoms with Crippen molar-refractivity contribution >= 4 is 5.69 Å². The molecule has 3 rings (SSSR count). The van der Waals surface area contributed by atoms with Gasteiger partial charge in [-0.3, -0.25) is 0 Å². The summed E-state index contributed by atoms with van der Waals surface area (Å²) < 4.78 is 11.5. The standard InChI is InChI=1S/C15H17NO2/c1-2-13-3-5-14(6-4-13)16-9-7-15(8-10-16)17-11-12-18-15/h1,3-6H,7-12H2. The Morgan fingerprint density at radius 3 is 2.22 bits per heavy atom. The molecule has 18 heavy (non-hydrogen) atoms. The predicted molar refractivity (Wildman–Crippen MR) is 70.5 cm³/mol. The van der Waals surface area contributed by atoms with Crippen molar-refractivity contribution in [3.05, 3.63) is 29.8 Å². The molecule has 0 amide bonds. The molecule has 3 nitrogen and oxygen atoms in total. The smallest absolute Gasteiger partial charge is 0.171 e. The maximum Gasteiger partial charge on any atom is 0.171 e. The van der Waals surface area contributed by atoms with Crippen LogP contribution in [0.25, 0.3) is 0 Å². The molecule has 0 unspecified atom stereocenters. The van der Waals surface area contributed by atoms with Crippen molar-refractivity contribution in [1.29, 1.82) is 0 Å². The lowest BCUT2D eigenvalue weighted by molar-refractivity contribution is -0.169. The van der Waals surface area contributed by atoms with E-state index in [0.717, 1.165) is 44.7 Å². The van der Waals surface area contributed by atoms with Crippen LogP contribution in [0.15, 0.2) is 24.3 Å². The van der Waals surface area contributed by atoms with Gasteiger partial charge in [-0.25, -0.2) is 0 Å². The molecule has 0 aliphatic carbocycles. The number of anilines is 1. The van der Waals surface area contributed by atoms with E-state index in [4.69, 9.17) is 15.9 Å². The van der Waals surface area contributed by atoms with Gasteiger partial charge in [0.15, 0.2) is 5.79 Å².